The number of hydrogen-bond donors (Lipinski definition) is 1. The predicted octanol–water partition coefficient (Wildman–Crippen LogP) is 5.03. The molecule has 0 fully saturated rings. The molecule has 2 N–H and O–H groups in total. The molecule has 112 valence electrons. The maximum Gasteiger partial charge on any atom is 0.130 e. The first-order valence-electron chi connectivity index (χ1n) is 7.28. The van der Waals surface area contributed by atoms with Crippen molar-refractivity contribution in [1.82, 2.24) is 0 Å². The minimum atomic E-state index is 0.217. The molecule has 0 spiro atoms. The molecule has 0 saturated heterocycles. The van der Waals surface area contributed by atoms with Crippen molar-refractivity contribution in [3.8, 4) is 11.5 Å². The van der Waals surface area contributed by atoms with Gasteiger partial charge in [0.1, 0.15) is 11.5 Å². The third kappa shape index (κ3) is 4.23. The Hall–Kier alpha value is -1.51. The third-order valence-corrected chi connectivity index (χ3v) is 3.92. The van der Waals surface area contributed by atoms with Crippen molar-refractivity contribution >= 4 is 11.6 Å². The maximum absolute atomic E-state index is 6.03. The zero-order valence-corrected chi connectivity index (χ0v) is 13.6. The minimum Gasteiger partial charge on any atom is -0.457 e. The summed E-state index contributed by atoms with van der Waals surface area (Å²) in [6, 6.07) is 12.0. The first-order valence-corrected chi connectivity index (χ1v) is 7.66. The summed E-state index contributed by atoms with van der Waals surface area (Å²) in [6.45, 7) is 6.20. The number of aryl methyl sites for hydroxylation is 2. The van der Waals surface area contributed by atoms with Gasteiger partial charge in [0.2, 0.25) is 0 Å². The van der Waals surface area contributed by atoms with Gasteiger partial charge < -0.3 is 10.5 Å². The van der Waals surface area contributed by atoms with Crippen LogP contribution in [0.25, 0.3) is 0 Å². The Morgan fingerprint density at radius 3 is 2.48 bits per heavy atom. The molecule has 0 heterocycles. The average Bonchev–Trinajstić information content (AvgIpc) is 2.44. The number of halogens is 1. The summed E-state index contributed by atoms with van der Waals surface area (Å²) in [4.78, 5) is 0. The summed E-state index contributed by atoms with van der Waals surface area (Å²) in [7, 11) is 0. The van der Waals surface area contributed by atoms with Gasteiger partial charge >= 0.3 is 0 Å². The number of ether oxygens (including phenoxy) is 1. The summed E-state index contributed by atoms with van der Waals surface area (Å²) < 4.78 is 5.94. The molecule has 2 nitrogen and oxygen atoms in total. The second-order valence-corrected chi connectivity index (χ2v) is 5.91. The highest BCUT2D eigenvalue weighted by atomic mass is 35.5. The second kappa shape index (κ2) is 6.97. The molecule has 21 heavy (non-hydrogen) atoms. The molecule has 0 amide bonds. The predicted molar refractivity (Wildman–Crippen MR) is 89.4 cm³/mol. The van der Waals surface area contributed by atoms with E-state index < -0.39 is 0 Å². The fourth-order valence-electron chi connectivity index (χ4n) is 2.24. The van der Waals surface area contributed by atoms with Crippen molar-refractivity contribution in [3.05, 3.63) is 58.1 Å². The van der Waals surface area contributed by atoms with E-state index in [1.807, 2.05) is 31.2 Å². The first-order chi connectivity index (χ1) is 9.99. The smallest absolute Gasteiger partial charge is 0.130 e. The molecule has 0 aliphatic rings. The van der Waals surface area contributed by atoms with Gasteiger partial charge in [0, 0.05) is 11.1 Å². The van der Waals surface area contributed by atoms with Crippen LogP contribution < -0.4 is 10.5 Å². The van der Waals surface area contributed by atoms with Gasteiger partial charge in [0.15, 0.2) is 0 Å². The van der Waals surface area contributed by atoms with E-state index in [2.05, 4.69) is 26.0 Å². The van der Waals surface area contributed by atoms with Crippen LogP contribution in [0.5, 0.6) is 11.5 Å². The molecule has 2 aromatic carbocycles. The lowest BCUT2D eigenvalue weighted by atomic mass is 10.00. The molecule has 2 rings (SSSR count). The Labute approximate surface area is 131 Å². The molecule has 0 aliphatic carbocycles. The quantitative estimate of drug-likeness (QED) is 0.841. The molecule has 0 bridgehead atoms. The molecular formula is C18H22ClNO. The lowest BCUT2D eigenvalue weighted by Gasteiger charge is -2.14. The van der Waals surface area contributed by atoms with E-state index in [0.29, 0.717) is 0 Å². The highest BCUT2D eigenvalue weighted by Gasteiger charge is 2.07. The van der Waals surface area contributed by atoms with Crippen LogP contribution >= 0.6 is 11.6 Å². The van der Waals surface area contributed by atoms with Gasteiger partial charge in [-0.15, -0.1) is 0 Å². The van der Waals surface area contributed by atoms with E-state index in [1.165, 1.54) is 11.1 Å². The van der Waals surface area contributed by atoms with Crippen molar-refractivity contribution in [3.63, 3.8) is 0 Å². The van der Waals surface area contributed by atoms with Gasteiger partial charge in [-0.05, 0) is 73.7 Å². The normalized spacial score (nSPS) is 12.2. The second-order valence-electron chi connectivity index (χ2n) is 5.47. The molecule has 0 aliphatic heterocycles. The number of rotatable bonds is 5. The summed E-state index contributed by atoms with van der Waals surface area (Å²) in [5.74, 6) is 1.67. The number of hydrogen-bond acceptors (Lipinski definition) is 2. The molecular weight excluding hydrogens is 282 g/mol. The van der Waals surface area contributed by atoms with E-state index in [4.69, 9.17) is 22.1 Å². The van der Waals surface area contributed by atoms with Gasteiger partial charge in [-0.1, -0.05) is 24.6 Å². The largest absolute Gasteiger partial charge is 0.457 e. The molecule has 1 atom stereocenters. The topological polar surface area (TPSA) is 35.2 Å². The van der Waals surface area contributed by atoms with Crippen LogP contribution in [0.3, 0.4) is 0 Å². The van der Waals surface area contributed by atoms with Crippen molar-refractivity contribution < 1.29 is 4.74 Å². The maximum atomic E-state index is 6.03. The standard InChI is InChI=1S/C18H22ClNO/c1-4-16(20)11-14-5-7-17(10-12(14)2)21-18-8-6-15(19)9-13(18)3/h5-10,16H,4,11,20H2,1-3H3. The summed E-state index contributed by atoms with van der Waals surface area (Å²) in [6.07, 6.45) is 1.89. The van der Waals surface area contributed by atoms with Crippen LogP contribution in [0.1, 0.15) is 30.0 Å². The van der Waals surface area contributed by atoms with Crippen LogP contribution in [0.4, 0.5) is 0 Å². The summed E-state index contributed by atoms with van der Waals surface area (Å²) >= 11 is 5.96. The fourth-order valence-corrected chi connectivity index (χ4v) is 2.47. The SMILES string of the molecule is CCC(N)Cc1ccc(Oc2ccc(Cl)cc2C)cc1C. The fraction of sp³-hybridized carbons (Fsp3) is 0.333. The summed E-state index contributed by atoms with van der Waals surface area (Å²) in [5, 5.41) is 0.722. The van der Waals surface area contributed by atoms with Crippen LogP contribution in [-0.4, -0.2) is 6.04 Å². The van der Waals surface area contributed by atoms with Crippen molar-refractivity contribution in [2.24, 2.45) is 5.73 Å². The van der Waals surface area contributed by atoms with E-state index in [-0.39, 0.29) is 6.04 Å². The monoisotopic (exact) mass is 303 g/mol. The average molecular weight is 304 g/mol. The molecule has 3 heteroatoms. The molecule has 1 unspecified atom stereocenters. The molecule has 0 radical (unpaired) electrons. The Morgan fingerprint density at radius 1 is 1.10 bits per heavy atom. The van der Waals surface area contributed by atoms with Crippen LogP contribution in [0.15, 0.2) is 36.4 Å². The van der Waals surface area contributed by atoms with Crippen molar-refractivity contribution in [1.29, 1.82) is 0 Å². The van der Waals surface area contributed by atoms with Gasteiger partial charge in [-0.2, -0.15) is 0 Å². The van der Waals surface area contributed by atoms with Gasteiger partial charge in [0.05, 0.1) is 0 Å². The van der Waals surface area contributed by atoms with Gasteiger partial charge in [-0.25, -0.2) is 0 Å². The Morgan fingerprint density at radius 2 is 1.86 bits per heavy atom. The minimum absolute atomic E-state index is 0.217. The summed E-state index contributed by atoms with van der Waals surface area (Å²) in [5.41, 5.74) is 9.54. The Bertz CT molecular complexity index is 625. The highest BCUT2D eigenvalue weighted by Crippen LogP contribution is 2.28. The van der Waals surface area contributed by atoms with E-state index in [9.17, 15) is 0 Å². The van der Waals surface area contributed by atoms with Crippen LogP contribution in [0.2, 0.25) is 5.02 Å². The first kappa shape index (κ1) is 15.9. The van der Waals surface area contributed by atoms with Gasteiger partial charge in [-0.3, -0.25) is 0 Å². The van der Waals surface area contributed by atoms with Gasteiger partial charge in [0.25, 0.3) is 0 Å². The zero-order chi connectivity index (χ0) is 15.4. The number of benzene rings is 2. The van der Waals surface area contributed by atoms with E-state index >= 15 is 0 Å². The molecule has 0 aromatic heterocycles. The van der Waals surface area contributed by atoms with Crippen molar-refractivity contribution in [2.45, 2.75) is 39.7 Å². The third-order valence-electron chi connectivity index (χ3n) is 3.69. The Kier molecular flexibility index (Phi) is 5.27. The van der Waals surface area contributed by atoms with E-state index in [0.717, 1.165) is 34.9 Å². The van der Waals surface area contributed by atoms with Crippen LogP contribution in [-0.2, 0) is 6.42 Å². The lowest BCUT2D eigenvalue weighted by molar-refractivity contribution is 0.478. The molecule has 2 aromatic rings. The zero-order valence-electron chi connectivity index (χ0n) is 12.8. The van der Waals surface area contributed by atoms with E-state index in [1.54, 1.807) is 0 Å². The Balaban J connectivity index is 2.16. The molecule has 0 saturated carbocycles. The lowest BCUT2D eigenvalue weighted by Crippen LogP contribution is -2.21. The highest BCUT2D eigenvalue weighted by molar-refractivity contribution is 6.30. The number of nitrogens with two attached hydrogens (primary N) is 1. The van der Waals surface area contributed by atoms with Crippen molar-refractivity contribution in [2.75, 3.05) is 0 Å². The van der Waals surface area contributed by atoms with Crippen LogP contribution in [0, 0.1) is 13.8 Å².